The van der Waals surface area contributed by atoms with Gasteiger partial charge in [0.1, 0.15) is 0 Å². The minimum absolute atomic E-state index is 0.0981. The maximum absolute atomic E-state index is 11.7. The van der Waals surface area contributed by atoms with E-state index in [1.54, 1.807) is 18.2 Å². The Balaban J connectivity index is 2.61. The summed E-state index contributed by atoms with van der Waals surface area (Å²) in [5, 5.41) is 11.5. The van der Waals surface area contributed by atoms with Gasteiger partial charge in [-0.25, -0.2) is 8.42 Å². The monoisotopic (exact) mass is 286 g/mol. The molecule has 6 nitrogen and oxygen atoms in total. The van der Waals surface area contributed by atoms with Crippen LogP contribution in [0.5, 0.6) is 0 Å². The number of rotatable bonds is 8. The Hall–Kier alpha value is -1.60. The van der Waals surface area contributed by atoms with Crippen LogP contribution in [0.2, 0.25) is 0 Å². The standard InChI is InChI=1S/C12H18N2O4S/c1-13-9-10-4-2-5-11(8-10)14-19(17,18)7-3-6-12(15)16/h2,4-5,8,13-14H,3,6-7,9H2,1H3,(H,15,16). The Bertz CT molecular complexity index is 528. The van der Waals surface area contributed by atoms with E-state index < -0.39 is 16.0 Å². The lowest BCUT2D eigenvalue weighted by Crippen LogP contribution is -2.17. The molecule has 0 aliphatic heterocycles. The first-order chi connectivity index (χ1) is 8.93. The first kappa shape index (κ1) is 15.5. The summed E-state index contributed by atoms with van der Waals surface area (Å²) < 4.78 is 25.9. The second-order valence-corrected chi connectivity index (χ2v) is 5.99. The van der Waals surface area contributed by atoms with Crippen LogP contribution in [-0.2, 0) is 21.4 Å². The van der Waals surface area contributed by atoms with Crippen molar-refractivity contribution in [1.29, 1.82) is 0 Å². The number of aliphatic carboxylic acids is 1. The summed E-state index contributed by atoms with van der Waals surface area (Å²) in [7, 11) is -1.69. The van der Waals surface area contributed by atoms with E-state index in [-0.39, 0.29) is 18.6 Å². The van der Waals surface area contributed by atoms with Crippen LogP contribution < -0.4 is 10.0 Å². The van der Waals surface area contributed by atoms with E-state index in [1.165, 1.54) is 0 Å². The Morgan fingerprint density at radius 3 is 2.74 bits per heavy atom. The molecular formula is C12H18N2O4S. The summed E-state index contributed by atoms with van der Waals surface area (Å²) in [4.78, 5) is 10.3. The fourth-order valence-corrected chi connectivity index (χ4v) is 2.71. The van der Waals surface area contributed by atoms with Crippen molar-refractivity contribution in [2.75, 3.05) is 17.5 Å². The minimum Gasteiger partial charge on any atom is -0.481 e. The number of anilines is 1. The molecule has 0 spiro atoms. The molecule has 0 atom stereocenters. The topological polar surface area (TPSA) is 95.5 Å². The average molecular weight is 286 g/mol. The lowest BCUT2D eigenvalue weighted by atomic mass is 10.2. The van der Waals surface area contributed by atoms with Crippen LogP contribution in [0.1, 0.15) is 18.4 Å². The molecule has 0 heterocycles. The first-order valence-electron chi connectivity index (χ1n) is 5.89. The Labute approximate surface area is 112 Å². The van der Waals surface area contributed by atoms with Crippen molar-refractivity contribution < 1.29 is 18.3 Å². The molecule has 0 radical (unpaired) electrons. The number of carboxylic acid groups (broad SMARTS) is 1. The summed E-state index contributed by atoms with van der Waals surface area (Å²) in [6.45, 7) is 0.647. The summed E-state index contributed by atoms with van der Waals surface area (Å²) in [6.07, 6.45) is -0.0540. The Morgan fingerprint density at radius 2 is 2.11 bits per heavy atom. The fraction of sp³-hybridized carbons (Fsp3) is 0.417. The van der Waals surface area contributed by atoms with Crippen LogP contribution in [0.4, 0.5) is 5.69 Å². The highest BCUT2D eigenvalue weighted by molar-refractivity contribution is 7.92. The predicted molar refractivity (Wildman–Crippen MR) is 73.5 cm³/mol. The Morgan fingerprint density at radius 1 is 1.37 bits per heavy atom. The summed E-state index contributed by atoms with van der Waals surface area (Å²) in [6, 6.07) is 7.06. The van der Waals surface area contributed by atoms with E-state index in [2.05, 4.69) is 10.0 Å². The van der Waals surface area contributed by atoms with Crippen molar-refractivity contribution in [1.82, 2.24) is 5.32 Å². The summed E-state index contributed by atoms with van der Waals surface area (Å²) >= 11 is 0. The van der Waals surface area contributed by atoms with E-state index in [1.807, 2.05) is 13.1 Å². The third-order valence-corrected chi connectivity index (χ3v) is 3.76. The Kier molecular flexibility index (Phi) is 5.78. The largest absolute Gasteiger partial charge is 0.481 e. The van der Waals surface area contributed by atoms with E-state index in [0.717, 1.165) is 5.56 Å². The molecule has 19 heavy (non-hydrogen) atoms. The summed E-state index contributed by atoms with van der Waals surface area (Å²) in [5.74, 6) is -1.19. The van der Waals surface area contributed by atoms with Gasteiger partial charge in [0.25, 0.3) is 0 Å². The van der Waals surface area contributed by atoms with Crippen molar-refractivity contribution in [3.63, 3.8) is 0 Å². The number of carboxylic acids is 1. The summed E-state index contributed by atoms with van der Waals surface area (Å²) in [5.41, 5.74) is 1.45. The van der Waals surface area contributed by atoms with Gasteiger partial charge in [-0.3, -0.25) is 9.52 Å². The van der Waals surface area contributed by atoms with Gasteiger partial charge in [0, 0.05) is 18.7 Å². The highest BCUT2D eigenvalue weighted by Gasteiger charge is 2.11. The zero-order valence-electron chi connectivity index (χ0n) is 10.7. The maximum atomic E-state index is 11.7. The van der Waals surface area contributed by atoms with Crippen molar-refractivity contribution in [2.24, 2.45) is 0 Å². The third-order valence-electron chi connectivity index (χ3n) is 2.38. The van der Waals surface area contributed by atoms with Gasteiger partial charge >= 0.3 is 5.97 Å². The van der Waals surface area contributed by atoms with Gasteiger partial charge in [-0.1, -0.05) is 12.1 Å². The van der Waals surface area contributed by atoms with E-state index in [9.17, 15) is 13.2 Å². The lowest BCUT2D eigenvalue weighted by molar-refractivity contribution is -0.137. The molecule has 0 fully saturated rings. The number of carbonyl (C=O) groups is 1. The zero-order chi connectivity index (χ0) is 14.3. The first-order valence-corrected chi connectivity index (χ1v) is 7.54. The van der Waals surface area contributed by atoms with E-state index in [4.69, 9.17) is 5.11 Å². The molecule has 3 N–H and O–H groups in total. The van der Waals surface area contributed by atoms with Crippen LogP contribution in [0.15, 0.2) is 24.3 Å². The second kappa shape index (κ2) is 7.10. The molecule has 1 aromatic rings. The van der Waals surface area contributed by atoms with Gasteiger partial charge in [-0.2, -0.15) is 0 Å². The van der Waals surface area contributed by atoms with Crippen LogP contribution in [0, 0.1) is 0 Å². The molecule has 1 rings (SSSR count). The molecule has 106 valence electrons. The molecule has 0 aliphatic carbocycles. The number of nitrogens with one attached hydrogen (secondary N) is 2. The molecule has 1 aromatic carbocycles. The zero-order valence-corrected chi connectivity index (χ0v) is 11.5. The molecular weight excluding hydrogens is 268 g/mol. The predicted octanol–water partition coefficient (Wildman–Crippen LogP) is 1.01. The van der Waals surface area contributed by atoms with Crippen molar-refractivity contribution >= 4 is 21.7 Å². The van der Waals surface area contributed by atoms with Crippen LogP contribution in [0.3, 0.4) is 0 Å². The van der Waals surface area contributed by atoms with Gasteiger partial charge in [0.15, 0.2) is 0 Å². The smallest absolute Gasteiger partial charge is 0.303 e. The fourth-order valence-electron chi connectivity index (χ4n) is 1.59. The van der Waals surface area contributed by atoms with E-state index >= 15 is 0 Å². The van der Waals surface area contributed by atoms with Gasteiger partial charge in [0.2, 0.25) is 10.0 Å². The van der Waals surface area contributed by atoms with Gasteiger partial charge in [-0.15, -0.1) is 0 Å². The number of benzene rings is 1. The SMILES string of the molecule is CNCc1cccc(NS(=O)(=O)CCCC(=O)O)c1. The highest BCUT2D eigenvalue weighted by atomic mass is 32.2. The minimum atomic E-state index is -3.50. The normalized spacial score (nSPS) is 11.2. The van der Waals surface area contributed by atoms with Crippen LogP contribution >= 0.6 is 0 Å². The van der Waals surface area contributed by atoms with Gasteiger partial charge in [-0.05, 0) is 31.2 Å². The van der Waals surface area contributed by atoms with Gasteiger partial charge in [0.05, 0.1) is 5.75 Å². The van der Waals surface area contributed by atoms with Crippen molar-refractivity contribution in [3.05, 3.63) is 29.8 Å². The van der Waals surface area contributed by atoms with Gasteiger partial charge < -0.3 is 10.4 Å². The molecule has 0 aliphatic rings. The second-order valence-electron chi connectivity index (χ2n) is 4.15. The molecule has 0 bridgehead atoms. The van der Waals surface area contributed by atoms with Crippen molar-refractivity contribution in [3.8, 4) is 0 Å². The number of sulfonamides is 1. The highest BCUT2D eigenvalue weighted by Crippen LogP contribution is 2.13. The molecule has 0 saturated heterocycles. The number of hydrogen-bond acceptors (Lipinski definition) is 4. The maximum Gasteiger partial charge on any atom is 0.303 e. The molecule has 0 unspecified atom stereocenters. The molecule has 0 aromatic heterocycles. The third kappa shape index (κ3) is 6.21. The quantitative estimate of drug-likeness (QED) is 0.663. The van der Waals surface area contributed by atoms with Crippen LogP contribution in [0.25, 0.3) is 0 Å². The van der Waals surface area contributed by atoms with Crippen molar-refractivity contribution in [2.45, 2.75) is 19.4 Å². The van der Waals surface area contributed by atoms with Crippen LogP contribution in [-0.4, -0.2) is 32.3 Å². The lowest BCUT2D eigenvalue weighted by Gasteiger charge is -2.09. The number of hydrogen-bond donors (Lipinski definition) is 3. The molecule has 0 amide bonds. The average Bonchev–Trinajstić information content (AvgIpc) is 2.28. The molecule has 7 heteroatoms. The molecule has 0 saturated carbocycles. The van der Waals surface area contributed by atoms with E-state index in [0.29, 0.717) is 12.2 Å².